The van der Waals surface area contributed by atoms with Crippen LogP contribution in [0.25, 0.3) is 0 Å². The first kappa shape index (κ1) is 11.4. The predicted molar refractivity (Wildman–Crippen MR) is 65.3 cm³/mol. The molecule has 2 rings (SSSR count). The topological polar surface area (TPSA) is 51.8 Å². The van der Waals surface area contributed by atoms with Crippen LogP contribution in [-0.4, -0.2) is 21.5 Å². The maximum Gasteiger partial charge on any atom is 0.174 e. The highest BCUT2D eigenvalue weighted by Crippen LogP contribution is 2.36. The van der Waals surface area contributed by atoms with Gasteiger partial charge in [-0.25, -0.2) is 0 Å². The third-order valence-electron chi connectivity index (χ3n) is 2.86. The molecule has 1 aromatic rings. The lowest BCUT2D eigenvalue weighted by atomic mass is 9.87. The second-order valence-corrected chi connectivity index (χ2v) is 6.99. The summed E-state index contributed by atoms with van der Waals surface area (Å²) in [5, 5.41) is 9.74. The van der Waals surface area contributed by atoms with Crippen molar-refractivity contribution >= 4 is 23.1 Å². The van der Waals surface area contributed by atoms with Crippen molar-refractivity contribution in [3.63, 3.8) is 0 Å². The summed E-state index contributed by atoms with van der Waals surface area (Å²) in [5.74, 6) is 0.802. The molecule has 1 aliphatic rings. The van der Waals surface area contributed by atoms with Crippen molar-refractivity contribution < 1.29 is 0 Å². The van der Waals surface area contributed by atoms with Crippen molar-refractivity contribution in [2.75, 3.05) is 0 Å². The highest BCUT2D eigenvalue weighted by Gasteiger charge is 2.27. The molecule has 0 radical (unpaired) electrons. The van der Waals surface area contributed by atoms with Crippen LogP contribution in [-0.2, 0) is 0 Å². The number of nitrogens with zero attached hydrogens (tertiary/aromatic N) is 2. The summed E-state index contributed by atoms with van der Waals surface area (Å²) >= 11 is 3.49. The van der Waals surface area contributed by atoms with Gasteiger partial charge in [-0.1, -0.05) is 30.0 Å². The van der Waals surface area contributed by atoms with Gasteiger partial charge in [0.05, 0.1) is 0 Å². The smallest absolute Gasteiger partial charge is 0.174 e. The van der Waals surface area contributed by atoms with Crippen molar-refractivity contribution in [1.29, 1.82) is 0 Å². The van der Waals surface area contributed by atoms with Gasteiger partial charge < -0.3 is 5.73 Å². The molecular formula is C10H17N3S2. The van der Waals surface area contributed by atoms with Gasteiger partial charge in [-0.15, -0.1) is 10.2 Å². The molecule has 0 spiro atoms. The Morgan fingerprint density at radius 3 is 2.87 bits per heavy atom. The Bertz CT molecular complexity index is 326. The lowest BCUT2D eigenvalue weighted by molar-refractivity contribution is 0.357. The molecule has 1 fully saturated rings. The van der Waals surface area contributed by atoms with E-state index >= 15 is 0 Å². The molecule has 3 atom stereocenters. The monoisotopic (exact) mass is 243 g/mol. The van der Waals surface area contributed by atoms with Crippen molar-refractivity contribution in [3.8, 4) is 0 Å². The van der Waals surface area contributed by atoms with Crippen LogP contribution in [0, 0.1) is 12.8 Å². The number of aromatic nitrogens is 2. The van der Waals surface area contributed by atoms with Gasteiger partial charge in [-0.3, -0.25) is 0 Å². The fourth-order valence-electron chi connectivity index (χ4n) is 1.94. The average molecular weight is 243 g/mol. The average Bonchev–Trinajstić information content (AvgIpc) is 2.58. The van der Waals surface area contributed by atoms with E-state index in [2.05, 4.69) is 17.1 Å². The van der Waals surface area contributed by atoms with Gasteiger partial charge in [0.15, 0.2) is 4.34 Å². The first-order chi connectivity index (χ1) is 7.15. The fraction of sp³-hybridized carbons (Fsp3) is 0.800. The minimum atomic E-state index is 0.329. The number of thioether (sulfide) groups is 1. The van der Waals surface area contributed by atoms with Gasteiger partial charge in [0, 0.05) is 11.3 Å². The SMILES string of the molecule is Cc1nnc(SC2CC(C)CCC2N)s1. The maximum atomic E-state index is 6.13. The molecule has 84 valence electrons. The summed E-state index contributed by atoms with van der Waals surface area (Å²) in [6, 6.07) is 0.329. The molecule has 0 bridgehead atoms. The molecule has 0 aliphatic heterocycles. The maximum absolute atomic E-state index is 6.13. The molecule has 1 aliphatic carbocycles. The third kappa shape index (κ3) is 2.92. The molecule has 1 saturated carbocycles. The predicted octanol–water partition coefficient (Wildman–Crippen LogP) is 2.45. The number of aryl methyl sites for hydroxylation is 1. The standard InChI is InChI=1S/C10H17N3S2/c1-6-3-4-8(11)9(5-6)15-10-13-12-7(2)14-10/h6,8-9H,3-5,11H2,1-2H3. The van der Waals surface area contributed by atoms with Crippen LogP contribution in [0.1, 0.15) is 31.2 Å². The molecular weight excluding hydrogens is 226 g/mol. The number of rotatable bonds is 2. The Balaban J connectivity index is 1.98. The van der Waals surface area contributed by atoms with Crippen molar-refractivity contribution in [2.24, 2.45) is 11.7 Å². The Kier molecular flexibility index (Phi) is 3.64. The summed E-state index contributed by atoms with van der Waals surface area (Å²) in [6.07, 6.45) is 3.63. The van der Waals surface area contributed by atoms with Gasteiger partial charge in [-0.05, 0) is 32.1 Å². The highest BCUT2D eigenvalue weighted by atomic mass is 32.2. The molecule has 0 aromatic carbocycles. The molecule has 15 heavy (non-hydrogen) atoms. The number of hydrogen-bond donors (Lipinski definition) is 1. The molecule has 3 nitrogen and oxygen atoms in total. The van der Waals surface area contributed by atoms with E-state index in [0.29, 0.717) is 11.3 Å². The first-order valence-corrected chi connectivity index (χ1v) is 7.07. The van der Waals surface area contributed by atoms with Crippen molar-refractivity contribution in [2.45, 2.75) is 48.7 Å². The minimum absolute atomic E-state index is 0.329. The normalized spacial score (nSPS) is 31.8. The van der Waals surface area contributed by atoms with Crippen LogP contribution < -0.4 is 5.73 Å². The zero-order chi connectivity index (χ0) is 10.8. The fourth-order valence-corrected chi connectivity index (χ4v) is 4.37. The largest absolute Gasteiger partial charge is 0.327 e. The summed E-state index contributed by atoms with van der Waals surface area (Å²) in [4.78, 5) is 0. The Labute approximate surface area is 98.9 Å². The van der Waals surface area contributed by atoms with Crippen LogP contribution in [0.2, 0.25) is 0 Å². The van der Waals surface area contributed by atoms with Gasteiger partial charge in [0.25, 0.3) is 0 Å². The van der Waals surface area contributed by atoms with E-state index in [1.807, 2.05) is 18.7 Å². The van der Waals surface area contributed by atoms with Gasteiger partial charge >= 0.3 is 0 Å². The Morgan fingerprint density at radius 2 is 2.20 bits per heavy atom. The minimum Gasteiger partial charge on any atom is -0.327 e. The zero-order valence-electron chi connectivity index (χ0n) is 9.14. The van der Waals surface area contributed by atoms with Crippen LogP contribution >= 0.6 is 23.1 Å². The van der Waals surface area contributed by atoms with Crippen LogP contribution in [0.3, 0.4) is 0 Å². The molecule has 2 N–H and O–H groups in total. The molecule has 1 aromatic heterocycles. The summed E-state index contributed by atoms with van der Waals surface area (Å²) in [5.41, 5.74) is 6.13. The van der Waals surface area contributed by atoms with E-state index in [1.54, 1.807) is 11.3 Å². The van der Waals surface area contributed by atoms with Crippen LogP contribution in [0.4, 0.5) is 0 Å². The quantitative estimate of drug-likeness (QED) is 0.867. The first-order valence-electron chi connectivity index (χ1n) is 5.37. The number of hydrogen-bond acceptors (Lipinski definition) is 5. The zero-order valence-corrected chi connectivity index (χ0v) is 10.8. The molecule has 0 saturated heterocycles. The lowest BCUT2D eigenvalue weighted by Crippen LogP contribution is -2.37. The molecule has 3 unspecified atom stereocenters. The van der Waals surface area contributed by atoms with Crippen molar-refractivity contribution in [3.05, 3.63) is 5.01 Å². The summed E-state index contributed by atoms with van der Waals surface area (Å²) in [6.45, 7) is 4.30. The molecule has 1 heterocycles. The van der Waals surface area contributed by atoms with E-state index in [4.69, 9.17) is 5.73 Å². The summed E-state index contributed by atoms with van der Waals surface area (Å²) in [7, 11) is 0. The molecule has 0 amide bonds. The van der Waals surface area contributed by atoms with E-state index in [-0.39, 0.29) is 0 Å². The van der Waals surface area contributed by atoms with E-state index < -0.39 is 0 Å². The van der Waals surface area contributed by atoms with Crippen molar-refractivity contribution in [1.82, 2.24) is 10.2 Å². The lowest BCUT2D eigenvalue weighted by Gasteiger charge is -2.31. The van der Waals surface area contributed by atoms with Gasteiger partial charge in [-0.2, -0.15) is 0 Å². The Morgan fingerprint density at radius 1 is 1.40 bits per heavy atom. The van der Waals surface area contributed by atoms with Crippen LogP contribution in [0.15, 0.2) is 4.34 Å². The summed E-state index contributed by atoms with van der Waals surface area (Å²) < 4.78 is 1.07. The van der Waals surface area contributed by atoms with E-state index in [0.717, 1.165) is 21.7 Å². The van der Waals surface area contributed by atoms with Gasteiger partial charge in [0.2, 0.25) is 0 Å². The Hall–Kier alpha value is -0.130. The third-order valence-corrected chi connectivity index (χ3v) is 5.16. The van der Waals surface area contributed by atoms with E-state index in [1.165, 1.54) is 12.8 Å². The van der Waals surface area contributed by atoms with E-state index in [9.17, 15) is 0 Å². The second kappa shape index (κ2) is 4.80. The highest BCUT2D eigenvalue weighted by molar-refractivity contribution is 8.01. The molecule has 5 heteroatoms. The second-order valence-electron chi connectivity index (χ2n) is 4.33. The van der Waals surface area contributed by atoms with Crippen LogP contribution in [0.5, 0.6) is 0 Å². The number of nitrogens with two attached hydrogens (primary N) is 1. The van der Waals surface area contributed by atoms with Gasteiger partial charge in [0.1, 0.15) is 5.01 Å².